The van der Waals surface area contributed by atoms with Gasteiger partial charge in [0.2, 0.25) is 11.0 Å². The number of aryl methyl sites for hydroxylation is 1. The predicted molar refractivity (Wildman–Crippen MR) is 107 cm³/mol. The fourth-order valence-corrected chi connectivity index (χ4v) is 4.14. The average Bonchev–Trinajstić information content (AvgIpc) is 3.34. The van der Waals surface area contributed by atoms with Crippen molar-refractivity contribution in [1.82, 2.24) is 19.6 Å². The van der Waals surface area contributed by atoms with E-state index in [0.29, 0.717) is 11.7 Å². The molecule has 3 heterocycles. The summed E-state index contributed by atoms with van der Waals surface area (Å²) in [5.41, 5.74) is 2.76. The third-order valence-corrected chi connectivity index (χ3v) is 5.50. The van der Waals surface area contributed by atoms with Crippen LogP contribution in [0.3, 0.4) is 0 Å². The van der Waals surface area contributed by atoms with Gasteiger partial charge in [0.1, 0.15) is 10.8 Å². The zero-order valence-electron chi connectivity index (χ0n) is 14.8. The SMILES string of the molecule is CCOc1ccc(-c2cn3c(CC(=O)Nc4nnc(C)s4)csc3n2)cc1. The number of fused-ring (bicyclic) bond motifs is 1. The second-order valence-electron chi connectivity index (χ2n) is 5.81. The molecule has 0 atom stereocenters. The minimum absolute atomic E-state index is 0.123. The highest BCUT2D eigenvalue weighted by molar-refractivity contribution is 7.15. The van der Waals surface area contributed by atoms with Gasteiger partial charge in [-0.05, 0) is 38.1 Å². The lowest BCUT2D eigenvalue weighted by atomic mass is 10.1. The summed E-state index contributed by atoms with van der Waals surface area (Å²) in [5, 5.41) is 13.9. The molecule has 0 aliphatic rings. The largest absolute Gasteiger partial charge is 0.494 e. The summed E-state index contributed by atoms with van der Waals surface area (Å²) < 4.78 is 7.44. The smallest absolute Gasteiger partial charge is 0.232 e. The van der Waals surface area contributed by atoms with E-state index in [2.05, 4.69) is 20.5 Å². The molecule has 0 radical (unpaired) electrons. The third-order valence-electron chi connectivity index (χ3n) is 3.86. The summed E-state index contributed by atoms with van der Waals surface area (Å²) in [6.45, 7) is 4.45. The normalized spacial score (nSPS) is 11.0. The zero-order chi connectivity index (χ0) is 18.8. The lowest BCUT2D eigenvalue weighted by Gasteiger charge is -2.03. The van der Waals surface area contributed by atoms with Crippen LogP contribution in [0, 0.1) is 6.92 Å². The van der Waals surface area contributed by atoms with Crippen molar-refractivity contribution in [2.24, 2.45) is 0 Å². The number of carbonyl (C=O) groups excluding carboxylic acids is 1. The summed E-state index contributed by atoms with van der Waals surface area (Å²) in [6.07, 6.45) is 2.21. The van der Waals surface area contributed by atoms with Gasteiger partial charge in [0, 0.05) is 22.8 Å². The van der Waals surface area contributed by atoms with Gasteiger partial charge in [-0.1, -0.05) is 11.3 Å². The number of amides is 1. The number of hydrogen-bond acceptors (Lipinski definition) is 7. The van der Waals surface area contributed by atoms with Crippen LogP contribution in [0.4, 0.5) is 5.13 Å². The molecule has 138 valence electrons. The maximum Gasteiger partial charge on any atom is 0.232 e. The van der Waals surface area contributed by atoms with E-state index in [0.717, 1.165) is 32.7 Å². The van der Waals surface area contributed by atoms with Crippen LogP contribution in [0.2, 0.25) is 0 Å². The van der Waals surface area contributed by atoms with Crippen LogP contribution >= 0.6 is 22.7 Å². The number of benzene rings is 1. The molecule has 4 aromatic rings. The summed E-state index contributed by atoms with van der Waals surface area (Å²) >= 11 is 2.87. The Bertz CT molecular complexity index is 1080. The standard InChI is InChI=1S/C18H17N5O2S2/c1-3-25-14-6-4-12(5-7-14)15-9-23-13(10-26-18(23)19-15)8-16(24)20-17-22-21-11(2)27-17/h4-7,9-10H,3,8H2,1-2H3,(H,20,22,24). The minimum atomic E-state index is -0.123. The van der Waals surface area contributed by atoms with Crippen LogP contribution in [0.1, 0.15) is 17.6 Å². The highest BCUT2D eigenvalue weighted by Gasteiger charge is 2.14. The molecule has 4 rings (SSSR count). The molecule has 0 saturated carbocycles. The first-order valence-electron chi connectivity index (χ1n) is 8.41. The molecule has 1 amide bonds. The summed E-state index contributed by atoms with van der Waals surface area (Å²) in [5.74, 6) is 0.716. The Morgan fingerprint density at radius 3 is 2.78 bits per heavy atom. The van der Waals surface area contributed by atoms with Crippen molar-refractivity contribution in [2.45, 2.75) is 20.3 Å². The number of nitrogens with zero attached hydrogens (tertiary/aromatic N) is 4. The Kier molecular flexibility index (Phi) is 4.87. The van der Waals surface area contributed by atoms with E-state index in [1.165, 1.54) is 22.7 Å². The molecule has 3 aromatic heterocycles. The second kappa shape index (κ2) is 7.45. The number of thiazole rings is 1. The molecule has 27 heavy (non-hydrogen) atoms. The summed E-state index contributed by atoms with van der Waals surface area (Å²) in [7, 11) is 0. The summed E-state index contributed by atoms with van der Waals surface area (Å²) in [6, 6.07) is 7.85. The third kappa shape index (κ3) is 3.83. The van der Waals surface area contributed by atoms with Crippen LogP contribution in [-0.2, 0) is 11.2 Å². The molecule has 7 nitrogen and oxygen atoms in total. The molecule has 9 heteroatoms. The first-order chi connectivity index (χ1) is 13.1. The molecular weight excluding hydrogens is 382 g/mol. The van der Waals surface area contributed by atoms with Crippen molar-refractivity contribution in [3.63, 3.8) is 0 Å². The molecule has 0 unspecified atom stereocenters. The van der Waals surface area contributed by atoms with Crippen LogP contribution in [-0.4, -0.2) is 32.1 Å². The fraction of sp³-hybridized carbons (Fsp3) is 0.222. The topological polar surface area (TPSA) is 81.4 Å². The van der Waals surface area contributed by atoms with Crippen LogP contribution in [0.25, 0.3) is 16.2 Å². The van der Waals surface area contributed by atoms with E-state index in [9.17, 15) is 4.79 Å². The van der Waals surface area contributed by atoms with E-state index < -0.39 is 0 Å². The molecule has 0 saturated heterocycles. The second-order valence-corrected chi connectivity index (χ2v) is 7.83. The van der Waals surface area contributed by atoms with Gasteiger partial charge < -0.3 is 10.1 Å². The van der Waals surface area contributed by atoms with E-state index in [-0.39, 0.29) is 12.3 Å². The van der Waals surface area contributed by atoms with Crippen molar-refractivity contribution in [1.29, 1.82) is 0 Å². The number of aromatic nitrogens is 4. The molecule has 1 N–H and O–H groups in total. The zero-order valence-corrected chi connectivity index (χ0v) is 16.4. The van der Waals surface area contributed by atoms with Crippen LogP contribution in [0.15, 0.2) is 35.8 Å². The molecule has 1 aromatic carbocycles. The van der Waals surface area contributed by atoms with E-state index >= 15 is 0 Å². The monoisotopic (exact) mass is 399 g/mol. The van der Waals surface area contributed by atoms with Crippen LogP contribution in [0.5, 0.6) is 5.75 Å². The Morgan fingerprint density at radius 2 is 2.07 bits per heavy atom. The number of anilines is 1. The molecule has 0 aliphatic carbocycles. The van der Waals surface area contributed by atoms with E-state index in [1.54, 1.807) is 0 Å². The van der Waals surface area contributed by atoms with Gasteiger partial charge in [-0.25, -0.2) is 4.98 Å². The highest BCUT2D eigenvalue weighted by Crippen LogP contribution is 2.26. The number of nitrogens with one attached hydrogen (secondary N) is 1. The molecule has 0 spiro atoms. The maximum atomic E-state index is 12.3. The van der Waals surface area contributed by atoms with Crippen molar-refractivity contribution in [3.8, 4) is 17.0 Å². The van der Waals surface area contributed by atoms with E-state index in [1.807, 2.05) is 54.1 Å². The Morgan fingerprint density at radius 1 is 1.26 bits per heavy atom. The molecule has 0 fully saturated rings. The Balaban J connectivity index is 1.52. The number of imidazole rings is 1. The Hall–Kier alpha value is -2.78. The van der Waals surface area contributed by atoms with Gasteiger partial charge in [-0.2, -0.15) is 0 Å². The molecular formula is C18H17N5O2S2. The maximum absolute atomic E-state index is 12.3. The van der Waals surface area contributed by atoms with Gasteiger partial charge in [0.15, 0.2) is 4.96 Å². The lowest BCUT2D eigenvalue weighted by molar-refractivity contribution is -0.115. The van der Waals surface area contributed by atoms with Crippen molar-refractivity contribution in [3.05, 3.63) is 46.5 Å². The number of rotatable bonds is 6. The van der Waals surface area contributed by atoms with Crippen molar-refractivity contribution >= 4 is 38.7 Å². The average molecular weight is 400 g/mol. The predicted octanol–water partition coefficient (Wildman–Crippen LogP) is 3.80. The van der Waals surface area contributed by atoms with Gasteiger partial charge in [0.05, 0.1) is 18.7 Å². The Labute approximate surface area is 163 Å². The van der Waals surface area contributed by atoms with Gasteiger partial charge in [0.25, 0.3) is 0 Å². The van der Waals surface area contributed by atoms with Gasteiger partial charge in [-0.15, -0.1) is 21.5 Å². The number of carbonyl (C=O) groups is 1. The minimum Gasteiger partial charge on any atom is -0.494 e. The molecule has 0 aliphatic heterocycles. The van der Waals surface area contributed by atoms with Crippen molar-refractivity contribution in [2.75, 3.05) is 11.9 Å². The summed E-state index contributed by atoms with van der Waals surface area (Å²) in [4.78, 5) is 17.8. The first kappa shape index (κ1) is 17.6. The first-order valence-corrected chi connectivity index (χ1v) is 10.1. The quantitative estimate of drug-likeness (QED) is 0.533. The van der Waals surface area contributed by atoms with Gasteiger partial charge in [-0.3, -0.25) is 9.20 Å². The van der Waals surface area contributed by atoms with Crippen LogP contribution < -0.4 is 10.1 Å². The van der Waals surface area contributed by atoms with E-state index in [4.69, 9.17) is 4.74 Å². The number of ether oxygens (including phenoxy) is 1. The van der Waals surface area contributed by atoms with Gasteiger partial charge >= 0.3 is 0 Å². The molecule has 0 bridgehead atoms. The van der Waals surface area contributed by atoms with Crippen molar-refractivity contribution < 1.29 is 9.53 Å². The number of hydrogen-bond donors (Lipinski definition) is 1. The lowest BCUT2D eigenvalue weighted by Crippen LogP contribution is -2.15. The highest BCUT2D eigenvalue weighted by atomic mass is 32.1. The fourth-order valence-electron chi connectivity index (χ4n) is 2.66.